The zero-order valence-electron chi connectivity index (χ0n) is 13.7. The molecule has 0 aliphatic heterocycles. The molecule has 2 aromatic rings. The van der Waals surface area contributed by atoms with E-state index in [1.54, 1.807) is 13.3 Å². The number of benzene rings is 1. The van der Waals surface area contributed by atoms with E-state index in [1.807, 2.05) is 12.1 Å². The van der Waals surface area contributed by atoms with Gasteiger partial charge in [0.1, 0.15) is 5.76 Å². The topological polar surface area (TPSA) is 49.6 Å². The molecule has 23 heavy (non-hydrogen) atoms. The Kier molecular flexibility index (Phi) is 5.01. The second-order valence-electron chi connectivity index (χ2n) is 6.21. The molecule has 1 heterocycles. The lowest BCUT2D eigenvalue weighted by Gasteiger charge is -2.30. The fourth-order valence-electron chi connectivity index (χ4n) is 3.47. The van der Waals surface area contributed by atoms with Crippen LogP contribution in [0.3, 0.4) is 0 Å². The van der Waals surface area contributed by atoms with E-state index in [4.69, 9.17) is 4.42 Å². The Hall–Kier alpha value is -2.23. The van der Waals surface area contributed by atoms with Gasteiger partial charge in [-0.25, -0.2) is 0 Å². The van der Waals surface area contributed by atoms with E-state index >= 15 is 0 Å². The molecule has 4 nitrogen and oxygen atoms in total. The van der Waals surface area contributed by atoms with Gasteiger partial charge in [0.05, 0.1) is 12.8 Å². The van der Waals surface area contributed by atoms with E-state index in [2.05, 4.69) is 46.0 Å². The zero-order chi connectivity index (χ0) is 16.0. The van der Waals surface area contributed by atoms with Crippen molar-refractivity contribution in [3.05, 3.63) is 60.1 Å². The Morgan fingerprint density at radius 3 is 2.52 bits per heavy atom. The third-order valence-corrected chi connectivity index (χ3v) is 4.77. The maximum Gasteiger partial charge on any atom is 0.191 e. The molecule has 1 fully saturated rings. The number of nitrogens with one attached hydrogen (secondary N) is 2. The summed E-state index contributed by atoms with van der Waals surface area (Å²) in [6.45, 7) is 1.56. The van der Waals surface area contributed by atoms with E-state index < -0.39 is 0 Å². The van der Waals surface area contributed by atoms with Crippen molar-refractivity contribution < 1.29 is 4.42 Å². The Morgan fingerprint density at radius 2 is 1.87 bits per heavy atom. The Labute approximate surface area is 138 Å². The summed E-state index contributed by atoms with van der Waals surface area (Å²) in [5.41, 5.74) is 1.66. The second-order valence-corrected chi connectivity index (χ2v) is 6.21. The molecule has 0 bridgehead atoms. The number of furan rings is 1. The first-order valence-corrected chi connectivity index (χ1v) is 8.35. The zero-order valence-corrected chi connectivity index (χ0v) is 13.7. The number of nitrogens with zero attached hydrogens (tertiary/aromatic N) is 1. The third kappa shape index (κ3) is 3.76. The van der Waals surface area contributed by atoms with E-state index in [0.717, 1.165) is 18.3 Å². The van der Waals surface area contributed by atoms with Crippen molar-refractivity contribution in [3.8, 4) is 0 Å². The molecule has 3 rings (SSSR count). The molecule has 1 aliphatic carbocycles. The number of hydrogen-bond acceptors (Lipinski definition) is 2. The van der Waals surface area contributed by atoms with Gasteiger partial charge in [0, 0.05) is 19.0 Å². The summed E-state index contributed by atoms with van der Waals surface area (Å²) >= 11 is 0. The van der Waals surface area contributed by atoms with E-state index in [9.17, 15) is 0 Å². The van der Waals surface area contributed by atoms with Gasteiger partial charge in [0.25, 0.3) is 0 Å². The monoisotopic (exact) mass is 311 g/mol. The van der Waals surface area contributed by atoms with Gasteiger partial charge in [-0.3, -0.25) is 4.99 Å². The van der Waals surface area contributed by atoms with Gasteiger partial charge in [0.15, 0.2) is 5.96 Å². The van der Waals surface area contributed by atoms with Crippen LogP contribution in [0.5, 0.6) is 0 Å². The van der Waals surface area contributed by atoms with Crippen LogP contribution in [0.4, 0.5) is 0 Å². The predicted molar refractivity (Wildman–Crippen MR) is 93.5 cm³/mol. The van der Waals surface area contributed by atoms with Crippen molar-refractivity contribution in [2.75, 3.05) is 13.6 Å². The SMILES string of the molecule is CN=C(NCc1ccco1)NCC1(c2ccccc2)CCCC1. The Balaban J connectivity index is 1.62. The lowest BCUT2D eigenvalue weighted by molar-refractivity contribution is 0.430. The number of aliphatic imine (C=N–C) groups is 1. The largest absolute Gasteiger partial charge is 0.467 e. The summed E-state index contributed by atoms with van der Waals surface area (Å²) in [5, 5.41) is 6.82. The van der Waals surface area contributed by atoms with Crippen LogP contribution >= 0.6 is 0 Å². The minimum atomic E-state index is 0.226. The summed E-state index contributed by atoms with van der Waals surface area (Å²) in [6, 6.07) is 14.7. The summed E-state index contributed by atoms with van der Waals surface area (Å²) in [4.78, 5) is 4.33. The van der Waals surface area contributed by atoms with Gasteiger partial charge in [-0.2, -0.15) is 0 Å². The smallest absolute Gasteiger partial charge is 0.191 e. The molecule has 1 aromatic heterocycles. The first-order valence-electron chi connectivity index (χ1n) is 8.35. The summed E-state index contributed by atoms with van der Waals surface area (Å²) in [6.07, 6.45) is 6.76. The lowest BCUT2D eigenvalue weighted by Crippen LogP contribution is -2.44. The molecule has 0 radical (unpaired) electrons. The molecule has 1 aliphatic rings. The van der Waals surface area contributed by atoms with E-state index in [1.165, 1.54) is 31.2 Å². The molecule has 4 heteroatoms. The highest BCUT2D eigenvalue weighted by Gasteiger charge is 2.35. The maximum absolute atomic E-state index is 5.35. The van der Waals surface area contributed by atoms with Crippen molar-refractivity contribution in [1.82, 2.24) is 10.6 Å². The van der Waals surface area contributed by atoms with Crippen LogP contribution < -0.4 is 10.6 Å². The molecular weight excluding hydrogens is 286 g/mol. The van der Waals surface area contributed by atoms with Crippen molar-refractivity contribution in [2.24, 2.45) is 4.99 Å². The van der Waals surface area contributed by atoms with Gasteiger partial charge < -0.3 is 15.1 Å². The molecule has 0 spiro atoms. The predicted octanol–water partition coefficient (Wildman–Crippen LogP) is 3.46. The van der Waals surface area contributed by atoms with Crippen LogP contribution in [0.1, 0.15) is 37.0 Å². The average molecular weight is 311 g/mol. The van der Waals surface area contributed by atoms with E-state index in [0.29, 0.717) is 6.54 Å². The molecule has 1 aromatic carbocycles. The first-order chi connectivity index (χ1) is 11.3. The van der Waals surface area contributed by atoms with Crippen molar-refractivity contribution >= 4 is 5.96 Å². The highest BCUT2D eigenvalue weighted by atomic mass is 16.3. The minimum Gasteiger partial charge on any atom is -0.467 e. The Bertz CT molecular complexity index is 613. The molecular formula is C19H25N3O. The fourth-order valence-corrected chi connectivity index (χ4v) is 3.47. The van der Waals surface area contributed by atoms with Crippen LogP contribution in [0.25, 0.3) is 0 Å². The molecule has 0 unspecified atom stereocenters. The minimum absolute atomic E-state index is 0.226. The Morgan fingerprint density at radius 1 is 1.09 bits per heavy atom. The van der Waals surface area contributed by atoms with Gasteiger partial charge >= 0.3 is 0 Å². The number of hydrogen-bond donors (Lipinski definition) is 2. The van der Waals surface area contributed by atoms with Gasteiger partial charge in [-0.05, 0) is 30.5 Å². The van der Waals surface area contributed by atoms with Crippen LogP contribution in [0.15, 0.2) is 58.1 Å². The third-order valence-electron chi connectivity index (χ3n) is 4.77. The van der Waals surface area contributed by atoms with Crippen LogP contribution in [0.2, 0.25) is 0 Å². The van der Waals surface area contributed by atoms with E-state index in [-0.39, 0.29) is 5.41 Å². The summed E-state index contributed by atoms with van der Waals surface area (Å²) in [7, 11) is 1.81. The normalized spacial score (nSPS) is 17.2. The molecule has 0 amide bonds. The van der Waals surface area contributed by atoms with Gasteiger partial charge in [-0.15, -0.1) is 0 Å². The first kappa shape index (κ1) is 15.7. The second kappa shape index (κ2) is 7.36. The van der Waals surface area contributed by atoms with Crippen LogP contribution in [-0.2, 0) is 12.0 Å². The molecule has 0 atom stereocenters. The quantitative estimate of drug-likeness (QED) is 0.657. The molecule has 2 N–H and O–H groups in total. The average Bonchev–Trinajstić information content (AvgIpc) is 3.28. The fraction of sp³-hybridized carbons (Fsp3) is 0.421. The van der Waals surface area contributed by atoms with Gasteiger partial charge in [0.2, 0.25) is 0 Å². The number of guanidine groups is 1. The number of rotatable bonds is 5. The van der Waals surface area contributed by atoms with Crippen molar-refractivity contribution in [1.29, 1.82) is 0 Å². The highest BCUT2D eigenvalue weighted by Crippen LogP contribution is 2.40. The van der Waals surface area contributed by atoms with Gasteiger partial charge in [-0.1, -0.05) is 43.2 Å². The molecule has 0 saturated heterocycles. The van der Waals surface area contributed by atoms with Crippen molar-refractivity contribution in [3.63, 3.8) is 0 Å². The standard InChI is InChI=1S/C19H25N3O/c1-20-18(21-14-17-10-7-13-23-17)22-15-19(11-5-6-12-19)16-8-3-2-4-9-16/h2-4,7-10,13H,5-6,11-12,14-15H2,1H3,(H2,20,21,22). The van der Waals surface area contributed by atoms with Crippen LogP contribution in [-0.4, -0.2) is 19.6 Å². The summed E-state index contributed by atoms with van der Waals surface area (Å²) < 4.78 is 5.35. The summed E-state index contributed by atoms with van der Waals surface area (Å²) in [5.74, 6) is 1.73. The lowest BCUT2D eigenvalue weighted by atomic mass is 9.79. The van der Waals surface area contributed by atoms with Crippen LogP contribution in [0, 0.1) is 0 Å². The molecule has 1 saturated carbocycles. The maximum atomic E-state index is 5.35. The molecule has 122 valence electrons. The van der Waals surface area contributed by atoms with Crippen molar-refractivity contribution in [2.45, 2.75) is 37.6 Å². The highest BCUT2D eigenvalue weighted by molar-refractivity contribution is 5.79.